The van der Waals surface area contributed by atoms with Gasteiger partial charge in [0.25, 0.3) is 0 Å². The van der Waals surface area contributed by atoms with Crippen molar-refractivity contribution in [2.75, 3.05) is 6.54 Å². The van der Waals surface area contributed by atoms with E-state index >= 15 is 0 Å². The van der Waals surface area contributed by atoms with Gasteiger partial charge in [0.15, 0.2) is 0 Å². The lowest BCUT2D eigenvalue weighted by atomic mass is 9.92. The molecule has 0 aliphatic rings. The van der Waals surface area contributed by atoms with Crippen molar-refractivity contribution in [3.63, 3.8) is 0 Å². The molecule has 0 saturated heterocycles. The molecule has 5 heteroatoms. The number of amides is 1. The summed E-state index contributed by atoms with van der Waals surface area (Å²) >= 11 is 0. The summed E-state index contributed by atoms with van der Waals surface area (Å²) in [4.78, 5) is 21.3. The monoisotopic (exact) mass is 202 g/mol. The fourth-order valence-electron chi connectivity index (χ4n) is 0.851. The Morgan fingerprint density at radius 1 is 1.50 bits per heavy atom. The Kier molecular flexibility index (Phi) is 4.56. The van der Waals surface area contributed by atoms with Gasteiger partial charge in [-0.25, -0.2) is 0 Å². The van der Waals surface area contributed by atoms with Crippen LogP contribution in [0.25, 0.3) is 0 Å². The van der Waals surface area contributed by atoms with Gasteiger partial charge in [-0.2, -0.15) is 0 Å². The number of carbonyl (C=O) groups excluding carboxylic acids is 1. The van der Waals surface area contributed by atoms with Crippen LogP contribution in [-0.4, -0.2) is 29.6 Å². The van der Waals surface area contributed by atoms with E-state index in [0.717, 1.165) is 0 Å². The van der Waals surface area contributed by atoms with Crippen LogP contribution in [0.2, 0.25) is 0 Å². The summed E-state index contributed by atoms with van der Waals surface area (Å²) in [5.41, 5.74) is 4.52. The highest BCUT2D eigenvalue weighted by molar-refractivity contribution is 5.80. The zero-order valence-electron chi connectivity index (χ0n) is 8.83. The number of aliphatic carboxylic acids is 1. The van der Waals surface area contributed by atoms with Gasteiger partial charge in [-0.15, -0.1) is 0 Å². The van der Waals surface area contributed by atoms with E-state index in [-0.39, 0.29) is 12.5 Å². The molecule has 14 heavy (non-hydrogen) atoms. The Labute approximate surface area is 83.7 Å². The minimum atomic E-state index is -0.859. The standard InChI is InChI=1S/C9H18N2O3/c1-6(4-7(12)13)11-5-9(2,3)8(10)14/h6,11H,4-5H2,1-3H3,(H2,10,14)(H,12,13). The maximum atomic E-state index is 10.9. The van der Waals surface area contributed by atoms with Crippen molar-refractivity contribution in [3.8, 4) is 0 Å². The molecule has 0 bridgehead atoms. The Hall–Kier alpha value is -1.10. The summed E-state index contributed by atoms with van der Waals surface area (Å²) in [6.07, 6.45) is 0.0365. The van der Waals surface area contributed by atoms with Crippen LogP contribution in [0, 0.1) is 5.41 Å². The molecule has 5 nitrogen and oxygen atoms in total. The molecule has 4 N–H and O–H groups in total. The first-order chi connectivity index (χ1) is 6.25. The second-order valence-corrected chi connectivity index (χ2v) is 4.13. The fourth-order valence-corrected chi connectivity index (χ4v) is 0.851. The van der Waals surface area contributed by atoms with Crippen LogP contribution in [0.1, 0.15) is 27.2 Å². The number of carboxylic acid groups (broad SMARTS) is 1. The summed E-state index contributed by atoms with van der Waals surface area (Å²) in [5.74, 6) is -1.26. The van der Waals surface area contributed by atoms with Crippen molar-refractivity contribution in [3.05, 3.63) is 0 Å². The van der Waals surface area contributed by atoms with Gasteiger partial charge in [-0.1, -0.05) is 0 Å². The quantitative estimate of drug-likeness (QED) is 0.563. The molecule has 82 valence electrons. The highest BCUT2D eigenvalue weighted by Crippen LogP contribution is 2.12. The minimum absolute atomic E-state index is 0.0365. The van der Waals surface area contributed by atoms with Crippen LogP contribution in [0.15, 0.2) is 0 Å². The number of carbonyl (C=O) groups is 2. The third-order valence-electron chi connectivity index (χ3n) is 2.04. The molecular weight excluding hydrogens is 184 g/mol. The van der Waals surface area contributed by atoms with Crippen LogP contribution in [0.3, 0.4) is 0 Å². The second kappa shape index (κ2) is 4.95. The first kappa shape index (κ1) is 12.9. The fraction of sp³-hybridized carbons (Fsp3) is 0.778. The molecular formula is C9H18N2O3. The molecule has 1 atom stereocenters. The third kappa shape index (κ3) is 4.81. The topological polar surface area (TPSA) is 92.4 Å². The van der Waals surface area contributed by atoms with Crippen LogP contribution in [0.5, 0.6) is 0 Å². The highest BCUT2D eigenvalue weighted by Gasteiger charge is 2.25. The zero-order valence-corrected chi connectivity index (χ0v) is 8.83. The molecule has 1 amide bonds. The maximum Gasteiger partial charge on any atom is 0.304 e. The van der Waals surface area contributed by atoms with E-state index in [1.54, 1.807) is 20.8 Å². The third-order valence-corrected chi connectivity index (χ3v) is 2.04. The van der Waals surface area contributed by atoms with Crippen LogP contribution in [-0.2, 0) is 9.59 Å². The highest BCUT2D eigenvalue weighted by atomic mass is 16.4. The van der Waals surface area contributed by atoms with Crippen molar-refractivity contribution >= 4 is 11.9 Å². The minimum Gasteiger partial charge on any atom is -0.481 e. The molecule has 0 spiro atoms. The lowest BCUT2D eigenvalue weighted by Gasteiger charge is -2.23. The lowest BCUT2D eigenvalue weighted by molar-refractivity contribution is -0.137. The molecule has 0 radical (unpaired) electrons. The summed E-state index contributed by atoms with van der Waals surface area (Å²) in [7, 11) is 0. The van der Waals surface area contributed by atoms with Crippen molar-refractivity contribution in [1.29, 1.82) is 0 Å². The van der Waals surface area contributed by atoms with Crippen molar-refractivity contribution < 1.29 is 14.7 Å². The Bertz CT molecular complexity index is 226. The van der Waals surface area contributed by atoms with E-state index in [2.05, 4.69) is 5.32 Å². The van der Waals surface area contributed by atoms with Crippen LogP contribution < -0.4 is 11.1 Å². The summed E-state index contributed by atoms with van der Waals surface area (Å²) in [6.45, 7) is 5.58. The predicted molar refractivity (Wildman–Crippen MR) is 52.7 cm³/mol. The van der Waals surface area contributed by atoms with Gasteiger partial charge in [-0.05, 0) is 20.8 Å². The molecule has 0 rings (SSSR count). The van der Waals surface area contributed by atoms with Crippen molar-refractivity contribution in [2.24, 2.45) is 11.1 Å². The number of rotatable bonds is 6. The number of hydrogen-bond acceptors (Lipinski definition) is 3. The maximum absolute atomic E-state index is 10.9. The summed E-state index contributed by atoms with van der Waals surface area (Å²) < 4.78 is 0. The average molecular weight is 202 g/mol. The molecule has 0 aromatic rings. The van der Waals surface area contributed by atoms with E-state index in [1.807, 2.05) is 0 Å². The van der Waals surface area contributed by atoms with E-state index in [0.29, 0.717) is 6.54 Å². The van der Waals surface area contributed by atoms with Gasteiger partial charge in [-0.3, -0.25) is 9.59 Å². The van der Waals surface area contributed by atoms with Crippen LogP contribution in [0.4, 0.5) is 0 Å². The lowest BCUT2D eigenvalue weighted by Crippen LogP contribution is -2.43. The first-order valence-corrected chi connectivity index (χ1v) is 4.51. The van der Waals surface area contributed by atoms with Gasteiger partial charge in [0.1, 0.15) is 0 Å². The molecule has 0 heterocycles. The van der Waals surface area contributed by atoms with Gasteiger partial charge in [0.05, 0.1) is 11.8 Å². The Morgan fingerprint density at radius 2 is 2.00 bits per heavy atom. The largest absolute Gasteiger partial charge is 0.481 e. The summed E-state index contributed by atoms with van der Waals surface area (Å²) in [5, 5.41) is 11.4. The van der Waals surface area contributed by atoms with Gasteiger partial charge in [0.2, 0.25) is 5.91 Å². The zero-order chi connectivity index (χ0) is 11.4. The van der Waals surface area contributed by atoms with E-state index in [1.165, 1.54) is 0 Å². The van der Waals surface area contributed by atoms with Crippen molar-refractivity contribution in [1.82, 2.24) is 5.32 Å². The summed E-state index contributed by atoms with van der Waals surface area (Å²) in [6, 6.07) is -0.161. The number of carboxylic acids is 1. The molecule has 0 aliphatic heterocycles. The number of primary amides is 1. The Balaban J connectivity index is 3.93. The molecule has 1 unspecified atom stereocenters. The number of hydrogen-bond donors (Lipinski definition) is 3. The average Bonchev–Trinajstić information content (AvgIpc) is 1.99. The van der Waals surface area contributed by atoms with Crippen LogP contribution >= 0.6 is 0 Å². The molecule has 0 aromatic heterocycles. The molecule has 0 aromatic carbocycles. The predicted octanol–water partition coefficient (Wildman–Crippen LogP) is -0.0493. The molecule has 0 saturated carbocycles. The van der Waals surface area contributed by atoms with E-state index in [9.17, 15) is 9.59 Å². The molecule has 0 aliphatic carbocycles. The van der Waals surface area contributed by atoms with Crippen molar-refractivity contribution in [2.45, 2.75) is 33.2 Å². The smallest absolute Gasteiger partial charge is 0.304 e. The van der Waals surface area contributed by atoms with Gasteiger partial charge in [0, 0.05) is 12.6 Å². The van der Waals surface area contributed by atoms with E-state index in [4.69, 9.17) is 10.8 Å². The van der Waals surface area contributed by atoms with Gasteiger partial charge < -0.3 is 16.2 Å². The normalized spacial score (nSPS) is 13.6. The van der Waals surface area contributed by atoms with Gasteiger partial charge >= 0.3 is 5.97 Å². The first-order valence-electron chi connectivity index (χ1n) is 4.51. The SMILES string of the molecule is CC(CC(=O)O)NCC(C)(C)C(N)=O. The Morgan fingerprint density at radius 3 is 2.36 bits per heavy atom. The van der Waals surface area contributed by atoms with E-state index < -0.39 is 17.3 Å². The second-order valence-electron chi connectivity index (χ2n) is 4.13. The molecule has 0 fully saturated rings. The number of nitrogens with one attached hydrogen (secondary N) is 1. The number of nitrogens with two attached hydrogens (primary N) is 1.